The van der Waals surface area contributed by atoms with Crippen molar-refractivity contribution >= 4 is 21.6 Å². The Morgan fingerprint density at radius 2 is 2.33 bits per heavy atom. The fourth-order valence-corrected chi connectivity index (χ4v) is 2.57. The van der Waals surface area contributed by atoms with E-state index in [2.05, 4.69) is 34.7 Å². The summed E-state index contributed by atoms with van der Waals surface area (Å²) in [6.07, 6.45) is -0.0210. The van der Waals surface area contributed by atoms with Gasteiger partial charge >= 0.3 is 0 Å². The summed E-state index contributed by atoms with van der Waals surface area (Å²) in [5.41, 5.74) is 0.0153. The molecule has 1 aliphatic heterocycles. The first kappa shape index (κ1) is 16.2. The second kappa shape index (κ2) is 7.20. The summed E-state index contributed by atoms with van der Waals surface area (Å²) in [6.45, 7) is 7.10. The van der Waals surface area contributed by atoms with E-state index in [1.807, 2.05) is 0 Å². The highest BCUT2D eigenvalue weighted by Gasteiger charge is 2.23. The minimum absolute atomic E-state index is 0.0153. The Labute approximate surface area is 132 Å². The number of ether oxygens (including phenoxy) is 2. The van der Waals surface area contributed by atoms with E-state index in [0.717, 1.165) is 13.1 Å². The number of non-ortho nitro benzene ring substituents is 1. The fraction of sp³-hybridized carbons (Fsp3) is 0.571. The van der Waals surface area contributed by atoms with Crippen molar-refractivity contribution < 1.29 is 14.4 Å². The molecule has 0 radical (unpaired) electrons. The maximum atomic E-state index is 10.8. The highest BCUT2D eigenvalue weighted by molar-refractivity contribution is 9.10. The molecule has 1 fully saturated rings. The van der Waals surface area contributed by atoms with Gasteiger partial charge in [0.15, 0.2) is 0 Å². The second-order valence-corrected chi connectivity index (χ2v) is 6.12. The van der Waals surface area contributed by atoms with Gasteiger partial charge in [0.05, 0.1) is 22.1 Å². The highest BCUT2D eigenvalue weighted by atomic mass is 79.9. The normalized spacial score (nSPS) is 19.7. The van der Waals surface area contributed by atoms with Gasteiger partial charge in [0.2, 0.25) is 0 Å². The summed E-state index contributed by atoms with van der Waals surface area (Å²) >= 11 is 3.34. The lowest BCUT2D eigenvalue weighted by Gasteiger charge is -2.35. The molecule has 21 heavy (non-hydrogen) atoms. The highest BCUT2D eigenvalue weighted by Crippen LogP contribution is 2.29. The SMILES string of the molecule is CC(C)N1CCOC(COc2cc([N+](=O)[O-])ccc2Br)C1. The van der Waals surface area contributed by atoms with Crippen LogP contribution in [0, 0.1) is 10.1 Å². The number of benzene rings is 1. The van der Waals surface area contributed by atoms with Crippen LogP contribution < -0.4 is 4.74 Å². The molecule has 2 rings (SSSR count). The Morgan fingerprint density at radius 3 is 3.00 bits per heavy atom. The molecular formula is C14H19BrN2O4. The van der Waals surface area contributed by atoms with Crippen molar-refractivity contribution in [2.75, 3.05) is 26.3 Å². The first-order chi connectivity index (χ1) is 9.97. The van der Waals surface area contributed by atoms with Crippen LogP contribution in [0.1, 0.15) is 13.8 Å². The van der Waals surface area contributed by atoms with Crippen LogP contribution in [-0.4, -0.2) is 48.3 Å². The number of hydrogen-bond acceptors (Lipinski definition) is 5. The summed E-state index contributed by atoms with van der Waals surface area (Å²) in [5.74, 6) is 0.467. The first-order valence-corrected chi connectivity index (χ1v) is 7.69. The standard InChI is InChI=1S/C14H19BrN2O4/c1-10(2)16-5-6-20-12(8-16)9-21-14-7-11(17(18)19)3-4-13(14)15/h3-4,7,10,12H,5-6,8-9H2,1-2H3. The number of halogens is 1. The number of hydrogen-bond donors (Lipinski definition) is 0. The van der Waals surface area contributed by atoms with Crippen LogP contribution in [0.5, 0.6) is 5.75 Å². The van der Waals surface area contributed by atoms with Crippen molar-refractivity contribution in [3.8, 4) is 5.75 Å². The van der Waals surface area contributed by atoms with Gasteiger partial charge in [-0.3, -0.25) is 15.0 Å². The topological polar surface area (TPSA) is 64.8 Å². The number of nitro benzene ring substituents is 1. The number of morpholine rings is 1. The van der Waals surface area contributed by atoms with E-state index in [1.54, 1.807) is 6.07 Å². The zero-order valence-electron chi connectivity index (χ0n) is 12.1. The van der Waals surface area contributed by atoms with Gasteiger partial charge < -0.3 is 9.47 Å². The third kappa shape index (κ3) is 4.39. The third-order valence-electron chi connectivity index (χ3n) is 3.45. The Morgan fingerprint density at radius 1 is 1.57 bits per heavy atom. The van der Waals surface area contributed by atoms with Crippen molar-refractivity contribution in [2.24, 2.45) is 0 Å². The van der Waals surface area contributed by atoms with Gasteiger partial charge in [-0.15, -0.1) is 0 Å². The molecule has 1 aromatic rings. The predicted octanol–water partition coefficient (Wildman–Crippen LogP) is 2.85. The summed E-state index contributed by atoms with van der Waals surface area (Å²) < 4.78 is 12.1. The van der Waals surface area contributed by atoms with Gasteiger partial charge in [-0.2, -0.15) is 0 Å². The summed E-state index contributed by atoms with van der Waals surface area (Å²) in [5, 5.41) is 10.8. The van der Waals surface area contributed by atoms with Crippen LogP contribution >= 0.6 is 15.9 Å². The molecule has 0 saturated carbocycles. The smallest absolute Gasteiger partial charge is 0.273 e. The van der Waals surface area contributed by atoms with E-state index in [0.29, 0.717) is 29.5 Å². The molecule has 1 saturated heterocycles. The average Bonchev–Trinajstić information content (AvgIpc) is 2.46. The minimum Gasteiger partial charge on any atom is -0.489 e. The molecule has 1 heterocycles. The number of nitrogens with zero attached hydrogens (tertiary/aromatic N) is 2. The zero-order chi connectivity index (χ0) is 15.4. The molecule has 0 spiro atoms. The zero-order valence-corrected chi connectivity index (χ0v) is 13.7. The van der Waals surface area contributed by atoms with Gasteiger partial charge in [-0.05, 0) is 35.8 Å². The Hall–Kier alpha value is -1.18. The van der Waals surface area contributed by atoms with E-state index < -0.39 is 4.92 Å². The van der Waals surface area contributed by atoms with E-state index in [1.165, 1.54) is 12.1 Å². The summed E-state index contributed by atoms with van der Waals surface area (Å²) in [7, 11) is 0. The van der Waals surface area contributed by atoms with Gasteiger partial charge in [-0.25, -0.2) is 0 Å². The van der Waals surface area contributed by atoms with Gasteiger partial charge in [-0.1, -0.05) is 0 Å². The molecule has 6 nitrogen and oxygen atoms in total. The van der Waals surface area contributed by atoms with Crippen molar-refractivity contribution in [1.82, 2.24) is 4.90 Å². The molecule has 0 bridgehead atoms. The molecule has 1 aromatic carbocycles. The quantitative estimate of drug-likeness (QED) is 0.598. The maximum Gasteiger partial charge on any atom is 0.273 e. The second-order valence-electron chi connectivity index (χ2n) is 5.26. The van der Waals surface area contributed by atoms with E-state index in [-0.39, 0.29) is 11.8 Å². The summed E-state index contributed by atoms with van der Waals surface area (Å²) in [4.78, 5) is 12.7. The molecule has 0 amide bonds. The van der Waals surface area contributed by atoms with Crippen molar-refractivity contribution in [1.29, 1.82) is 0 Å². The van der Waals surface area contributed by atoms with Gasteiger partial charge in [0.25, 0.3) is 5.69 Å². The van der Waals surface area contributed by atoms with Crippen molar-refractivity contribution in [3.05, 3.63) is 32.8 Å². The van der Waals surface area contributed by atoms with Gasteiger partial charge in [0.1, 0.15) is 18.5 Å². The van der Waals surface area contributed by atoms with Crippen LogP contribution in [0.15, 0.2) is 22.7 Å². The molecular weight excluding hydrogens is 340 g/mol. The van der Waals surface area contributed by atoms with Crippen LogP contribution in [-0.2, 0) is 4.74 Å². The summed E-state index contributed by atoms with van der Waals surface area (Å²) in [6, 6.07) is 4.96. The van der Waals surface area contributed by atoms with Crippen LogP contribution in [0.4, 0.5) is 5.69 Å². The van der Waals surface area contributed by atoms with E-state index >= 15 is 0 Å². The average molecular weight is 359 g/mol. The first-order valence-electron chi connectivity index (χ1n) is 6.89. The third-order valence-corrected chi connectivity index (χ3v) is 4.11. The molecule has 1 unspecified atom stereocenters. The largest absolute Gasteiger partial charge is 0.489 e. The Bertz CT molecular complexity index is 510. The lowest BCUT2D eigenvalue weighted by molar-refractivity contribution is -0.385. The lowest BCUT2D eigenvalue weighted by Crippen LogP contribution is -2.47. The van der Waals surface area contributed by atoms with Crippen LogP contribution in [0.3, 0.4) is 0 Å². The molecule has 0 aromatic heterocycles. The maximum absolute atomic E-state index is 10.8. The Kier molecular flexibility index (Phi) is 5.55. The van der Waals surface area contributed by atoms with E-state index in [4.69, 9.17) is 9.47 Å². The van der Waals surface area contributed by atoms with Crippen LogP contribution in [0.25, 0.3) is 0 Å². The molecule has 0 N–H and O–H groups in total. The minimum atomic E-state index is -0.434. The molecule has 116 valence electrons. The van der Waals surface area contributed by atoms with E-state index in [9.17, 15) is 10.1 Å². The van der Waals surface area contributed by atoms with Crippen molar-refractivity contribution in [3.63, 3.8) is 0 Å². The molecule has 0 aliphatic carbocycles. The van der Waals surface area contributed by atoms with Gasteiger partial charge in [0, 0.05) is 25.2 Å². The number of rotatable bonds is 5. The Balaban J connectivity index is 1.96. The fourth-order valence-electron chi connectivity index (χ4n) is 2.21. The van der Waals surface area contributed by atoms with Crippen LogP contribution in [0.2, 0.25) is 0 Å². The molecule has 7 heteroatoms. The van der Waals surface area contributed by atoms with Crippen molar-refractivity contribution in [2.45, 2.75) is 26.0 Å². The molecule has 1 aliphatic rings. The lowest BCUT2D eigenvalue weighted by atomic mass is 10.2. The number of nitro groups is 1. The predicted molar refractivity (Wildman–Crippen MR) is 82.7 cm³/mol. The molecule has 1 atom stereocenters. The monoisotopic (exact) mass is 358 g/mol.